The van der Waals surface area contributed by atoms with E-state index >= 15 is 0 Å². The van der Waals surface area contributed by atoms with Gasteiger partial charge in [-0.3, -0.25) is 13.9 Å². The summed E-state index contributed by atoms with van der Waals surface area (Å²) in [7, 11) is 3.36. The van der Waals surface area contributed by atoms with Gasteiger partial charge in [-0.1, -0.05) is 42.5 Å². The molecule has 0 aliphatic rings. The second kappa shape index (κ2) is 5.48. The third-order valence-electron chi connectivity index (χ3n) is 3.60. The SMILES string of the molecule is Cn1cnc2c1c(=O)n(C/C=C\c1ccccc1)c(=O)n2C. The summed E-state index contributed by atoms with van der Waals surface area (Å²) in [6.07, 6.45) is 5.23. The van der Waals surface area contributed by atoms with Gasteiger partial charge in [0.15, 0.2) is 11.2 Å². The summed E-state index contributed by atoms with van der Waals surface area (Å²) in [6.45, 7) is 0.224. The van der Waals surface area contributed by atoms with Crippen molar-refractivity contribution in [2.75, 3.05) is 0 Å². The smallest absolute Gasteiger partial charge is 0.328 e. The van der Waals surface area contributed by atoms with E-state index in [1.165, 1.54) is 15.5 Å². The molecule has 112 valence electrons. The Kier molecular flexibility index (Phi) is 3.50. The van der Waals surface area contributed by atoms with Crippen molar-refractivity contribution in [1.82, 2.24) is 18.7 Å². The van der Waals surface area contributed by atoms with Crippen LogP contribution in [-0.2, 0) is 20.6 Å². The number of aryl methyl sites for hydroxylation is 2. The van der Waals surface area contributed by atoms with Crippen molar-refractivity contribution in [2.45, 2.75) is 6.54 Å². The zero-order valence-corrected chi connectivity index (χ0v) is 12.4. The Balaban J connectivity index is 2.04. The zero-order chi connectivity index (χ0) is 15.7. The van der Waals surface area contributed by atoms with E-state index < -0.39 is 0 Å². The summed E-state index contributed by atoms with van der Waals surface area (Å²) < 4.78 is 4.24. The number of nitrogens with zero attached hydrogens (tertiary/aromatic N) is 4. The summed E-state index contributed by atoms with van der Waals surface area (Å²) in [6, 6.07) is 9.73. The van der Waals surface area contributed by atoms with Crippen LogP contribution in [0.15, 0.2) is 52.3 Å². The van der Waals surface area contributed by atoms with Gasteiger partial charge in [0, 0.05) is 20.6 Å². The van der Waals surface area contributed by atoms with Gasteiger partial charge in [0.25, 0.3) is 5.56 Å². The number of rotatable bonds is 3. The molecule has 6 heteroatoms. The van der Waals surface area contributed by atoms with Gasteiger partial charge < -0.3 is 4.57 Å². The highest BCUT2D eigenvalue weighted by atomic mass is 16.2. The van der Waals surface area contributed by atoms with E-state index in [0.29, 0.717) is 11.2 Å². The molecule has 0 amide bonds. The number of hydrogen-bond donors (Lipinski definition) is 0. The van der Waals surface area contributed by atoms with E-state index in [1.54, 1.807) is 24.7 Å². The van der Waals surface area contributed by atoms with Crippen LogP contribution < -0.4 is 11.2 Å². The Bertz CT molecular complexity index is 961. The zero-order valence-electron chi connectivity index (χ0n) is 12.4. The minimum Gasteiger partial charge on any atom is -0.328 e. The van der Waals surface area contributed by atoms with Crippen LogP contribution in [0.1, 0.15) is 5.56 Å². The molecule has 0 N–H and O–H groups in total. The van der Waals surface area contributed by atoms with E-state index in [0.717, 1.165) is 5.56 Å². The molecule has 22 heavy (non-hydrogen) atoms. The van der Waals surface area contributed by atoms with Crippen molar-refractivity contribution >= 4 is 17.2 Å². The van der Waals surface area contributed by atoms with Crippen LogP contribution in [0, 0.1) is 0 Å². The molecule has 2 heterocycles. The minimum absolute atomic E-state index is 0.224. The predicted molar refractivity (Wildman–Crippen MR) is 85.7 cm³/mol. The molecule has 0 bridgehead atoms. The van der Waals surface area contributed by atoms with Crippen LogP contribution in [0.5, 0.6) is 0 Å². The molecule has 0 unspecified atom stereocenters. The first-order chi connectivity index (χ1) is 10.6. The summed E-state index contributed by atoms with van der Waals surface area (Å²) in [5.41, 5.74) is 1.16. The average molecular weight is 296 g/mol. The van der Waals surface area contributed by atoms with Crippen LogP contribution >= 0.6 is 0 Å². The average Bonchev–Trinajstić information content (AvgIpc) is 2.91. The fourth-order valence-corrected chi connectivity index (χ4v) is 2.42. The topological polar surface area (TPSA) is 61.8 Å². The quantitative estimate of drug-likeness (QED) is 0.728. The van der Waals surface area contributed by atoms with Crippen LogP contribution in [0.4, 0.5) is 0 Å². The molecule has 2 aromatic heterocycles. The Morgan fingerprint density at radius 3 is 2.59 bits per heavy atom. The molecule has 0 saturated heterocycles. The highest BCUT2D eigenvalue weighted by molar-refractivity contribution is 5.69. The van der Waals surface area contributed by atoms with E-state index in [2.05, 4.69) is 4.98 Å². The molecule has 0 aliphatic heterocycles. The van der Waals surface area contributed by atoms with Gasteiger partial charge in [0.2, 0.25) is 0 Å². The van der Waals surface area contributed by atoms with E-state index in [1.807, 2.05) is 36.4 Å². The number of fused-ring (bicyclic) bond motifs is 1. The van der Waals surface area contributed by atoms with Gasteiger partial charge in [-0.15, -0.1) is 0 Å². The van der Waals surface area contributed by atoms with Crippen molar-refractivity contribution in [2.24, 2.45) is 14.1 Å². The summed E-state index contributed by atoms with van der Waals surface area (Å²) in [4.78, 5) is 28.9. The number of aromatic nitrogens is 4. The number of hydrogen-bond acceptors (Lipinski definition) is 3. The van der Waals surface area contributed by atoms with Gasteiger partial charge >= 0.3 is 5.69 Å². The maximum absolute atomic E-state index is 12.5. The molecule has 0 spiro atoms. The normalized spacial score (nSPS) is 11.5. The lowest BCUT2D eigenvalue weighted by Gasteiger charge is -2.06. The Morgan fingerprint density at radius 2 is 1.86 bits per heavy atom. The highest BCUT2D eigenvalue weighted by Gasteiger charge is 2.13. The lowest BCUT2D eigenvalue weighted by Crippen LogP contribution is -2.39. The second-order valence-corrected chi connectivity index (χ2v) is 5.10. The third kappa shape index (κ3) is 2.28. The van der Waals surface area contributed by atoms with Gasteiger partial charge in [0.1, 0.15) is 0 Å². The molecule has 6 nitrogen and oxygen atoms in total. The van der Waals surface area contributed by atoms with Crippen molar-refractivity contribution < 1.29 is 0 Å². The molecule has 0 aliphatic carbocycles. The minimum atomic E-state index is -0.367. The predicted octanol–water partition coefficient (Wildman–Crippen LogP) is 1.15. The molecule has 3 aromatic rings. The molecule has 0 atom stereocenters. The van der Waals surface area contributed by atoms with Crippen LogP contribution in [0.25, 0.3) is 17.2 Å². The Hall–Kier alpha value is -2.89. The molecular formula is C16H16N4O2. The first-order valence-electron chi connectivity index (χ1n) is 6.92. The first kappa shape index (κ1) is 14.1. The number of allylic oxidation sites excluding steroid dienone is 1. The lowest BCUT2D eigenvalue weighted by atomic mass is 10.2. The first-order valence-corrected chi connectivity index (χ1v) is 6.92. The molecular weight excluding hydrogens is 280 g/mol. The van der Waals surface area contributed by atoms with Crippen LogP contribution in [0.2, 0.25) is 0 Å². The van der Waals surface area contributed by atoms with Crippen molar-refractivity contribution in [3.63, 3.8) is 0 Å². The van der Waals surface area contributed by atoms with E-state index in [4.69, 9.17) is 0 Å². The standard InChI is InChI=1S/C16H16N4O2/c1-18-11-17-14-13(18)15(21)20(16(22)19(14)2)10-6-9-12-7-4-3-5-8-12/h3-9,11H,10H2,1-2H3/b9-6-. The summed E-state index contributed by atoms with van der Waals surface area (Å²) >= 11 is 0. The van der Waals surface area contributed by atoms with Crippen molar-refractivity contribution in [3.05, 3.63) is 69.1 Å². The summed E-state index contributed by atoms with van der Waals surface area (Å²) in [5.74, 6) is 0. The van der Waals surface area contributed by atoms with E-state index in [-0.39, 0.29) is 17.8 Å². The molecule has 0 radical (unpaired) electrons. The van der Waals surface area contributed by atoms with Gasteiger partial charge in [-0.25, -0.2) is 9.78 Å². The Labute approximate surface area is 126 Å². The Morgan fingerprint density at radius 1 is 1.14 bits per heavy atom. The lowest BCUT2D eigenvalue weighted by molar-refractivity contribution is 0.666. The fourth-order valence-electron chi connectivity index (χ4n) is 2.42. The second-order valence-electron chi connectivity index (χ2n) is 5.10. The molecule has 0 fully saturated rings. The number of benzene rings is 1. The summed E-state index contributed by atoms with van der Waals surface area (Å²) in [5, 5.41) is 0. The highest BCUT2D eigenvalue weighted by Crippen LogP contribution is 2.04. The fraction of sp³-hybridized carbons (Fsp3) is 0.188. The third-order valence-corrected chi connectivity index (χ3v) is 3.60. The van der Waals surface area contributed by atoms with Gasteiger partial charge in [0.05, 0.1) is 6.33 Å². The van der Waals surface area contributed by atoms with Crippen molar-refractivity contribution in [3.8, 4) is 0 Å². The maximum Gasteiger partial charge on any atom is 0.332 e. The number of imidazole rings is 1. The van der Waals surface area contributed by atoms with Gasteiger partial charge in [-0.05, 0) is 5.56 Å². The molecule has 3 rings (SSSR count). The monoisotopic (exact) mass is 296 g/mol. The maximum atomic E-state index is 12.5. The largest absolute Gasteiger partial charge is 0.332 e. The van der Waals surface area contributed by atoms with Crippen LogP contribution in [-0.4, -0.2) is 18.7 Å². The van der Waals surface area contributed by atoms with Crippen LogP contribution in [0.3, 0.4) is 0 Å². The van der Waals surface area contributed by atoms with Crippen molar-refractivity contribution in [1.29, 1.82) is 0 Å². The molecule has 1 aromatic carbocycles. The van der Waals surface area contributed by atoms with E-state index in [9.17, 15) is 9.59 Å². The van der Waals surface area contributed by atoms with Gasteiger partial charge in [-0.2, -0.15) is 0 Å². The molecule has 0 saturated carbocycles.